The number of hydrogen-bond acceptors (Lipinski definition) is 4. The third-order valence-electron chi connectivity index (χ3n) is 7.01. The van der Waals surface area contributed by atoms with Crippen molar-refractivity contribution < 1.29 is 15.3 Å². The molecule has 0 unspecified atom stereocenters. The molecule has 180 valence electrons. The minimum Gasteiger partial charge on any atom is -0.508 e. The monoisotopic (exact) mass is 486 g/mol. The smallest absolute Gasteiger partial charge is 0.117 e. The van der Waals surface area contributed by atoms with E-state index in [0.29, 0.717) is 0 Å². The number of fused-ring (bicyclic) bond motifs is 3. The molecule has 3 heterocycles. The lowest BCUT2D eigenvalue weighted by molar-refractivity contribution is 0.475. The van der Waals surface area contributed by atoms with Crippen LogP contribution < -0.4 is 5.84 Å². The highest BCUT2D eigenvalue weighted by Gasteiger charge is 2.16. The summed E-state index contributed by atoms with van der Waals surface area (Å²) in [6.07, 6.45) is 5.77. The standard InChI is InChI=1S/C30H22N4O3/c31-34-15-27(24-6-3-21(37)12-30(24)34)18-8-16(25-13-32-28-10-19(35)1-4-22(25)28)7-17(9-18)26-14-33-29-11-20(36)2-5-23(26)29/h1-15,32-33,35-37H,31H2. The molecule has 0 aliphatic heterocycles. The van der Waals surface area contributed by atoms with Crippen LogP contribution in [0.4, 0.5) is 0 Å². The Morgan fingerprint density at radius 1 is 0.541 bits per heavy atom. The number of aromatic hydroxyl groups is 3. The number of aromatic nitrogens is 3. The Bertz CT molecular complexity index is 1900. The van der Waals surface area contributed by atoms with Gasteiger partial charge < -0.3 is 31.1 Å². The maximum absolute atomic E-state index is 10.0. The molecule has 0 saturated heterocycles. The molecule has 7 N–H and O–H groups in total. The van der Waals surface area contributed by atoms with Crippen LogP contribution in [0.15, 0.2) is 91.4 Å². The average Bonchev–Trinajstić information content (AvgIpc) is 3.58. The summed E-state index contributed by atoms with van der Waals surface area (Å²) in [5, 5.41) is 32.8. The Hall–Kier alpha value is -5.30. The fourth-order valence-electron chi connectivity index (χ4n) is 5.27. The lowest BCUT2D eigenvalue weighted by atomic mass is 9.93. The maximum atomic E-state index is 10.0. The number of benzene rings is 4. The van der Waals surface area contributed by atoms with Gasteiger partial charge in [0.05, 0.1) is 5.52 Å². The van der Waals surface area contributed by atoms with E-state index in [0.717, 1.165) is 66.1 Å². The predicted octanol–water partition coefficient (Wildman–Crippen LogP) is 6.44. The van der Waals surface area contributed by atoms with Crippen LogP contribution in [0.5, 0.6) is 17.2 Å². The van der Waals surface area contributed by atoms with Crippen molar-refractivity contribution in [2.45, 2.75) is 0 Å². The fraction of sp³-hybridized carbons (Fsp3) is 0. The number of nitrogens with two attached hydrogens (primary N) is 1. The van der Waals surface area contributed by atoms with E-state index in [2.05, 4.69) is 28.2 Å². The Morgan fingerprint density at radius 3 is 1.54 bits per heavy atom. The van der Waals surface area contributed by atoms with Crippen LogP contribution in [-0.2, 0) is 0 Å². The molecular weight excluding hydrogens is 464 g/mol. The minimum atomic E-state index is 0.155. The topological polar surface area (TPSA) is 123 Å². The summed E-state index contributed by atoms with van der Waals surface area (Å²) in [7, 11) is 0. The van der Waals surface area contributed by atoms with Gasteiger partial charge in [0.1, 0.15) is 17.2 Å². The largest absolute Gasteiger partial charge is 0.508 e. The number of H-pyrrole nitrogens is 2. The van der Waals surface area contributed by atoms with Gasteiger partial charge in [0.25, 0.3) is 0 Å². The molecular formula is C30H22N4O3. The summed E-state index contributed by atoms with van der Waals surface area (Å²) >= 11 is 0. The molecule has 7 aromatic rings. The molecule has 0 aliphatic rings. The molecule has 0 atom stereocenters. The number of aromatic amines is 2. The highest BCUT2D eigenvalue weighted by atomic mass is 16.3. The van der Waals surface area contributed by atoms with Crippen molar-refractivity contribution in [3.63, 3.8) is 0 Å². The van der Waals surface area contributed by atoms with Gasteiger partial charge in [-0.15, -0.1) is 0 Å². The van der Waals surface area contributed by atoms with E-state index in [9.17, 15) is 15.3 Å². The molecule has 0 saturated carbocycles. The van der Waals surface area contributed by atoms with Crippen molar-refractivity contribution in [1.82, 2.24) is 14.6 Å². The molecule has 7 heteroatoms. The van der Waals surface area contributed by atoms with Gasteiger partial charge in [-0.2, -0.15) is 0 Å². The van der Waals surface area contributed by atoms with Gasteiger partial charge >= 0.3 is 0 Å². The third-order valence-corrected chi connectivity index (χ3v) is 7.01. The zero-order chi connectivity index (χ0) is 25.3. The SMILES string of the molecule is Nn1cc(-c2cc(-c3c[nH]c4cc(O)ccc34)cc(-c3c[nH]c4cc(O)ccc34)c2)c2ccc(O)cc21. The second kappa shape index (κ2) is 7.60. The Kier molecular flexibility index (Phi) is 4.32. The second-order valence-corrected chi connectivity index (χ2v) is 9.32. The van der Waals surface area contributed by atoms with E-state index in [4.69, 9.17) is 5.84 Å². The van der Waals surface area contributed by atoms with Crippen molar-refractivity contribution >= 4 is 32.7 Å². The van der Waals surface area contributed by atoms with Crippen molar-refractivity contribution in [3.8, 4) is 50.6 Å². The number of nitrogens with zero attached hydrogens (tertiary/aromatic N) is 1. The first-order chi connectivity index (χ1) is 17.9. The van der Waals surface area contributed by atoms with Crippen LogP contribution in [0.3, 0.4) is 0 Å². The Labute approximate surface area is 210 Å². The fourth-order valence-corrected chi connectivity index (χ4v) is 5.27. The minimum absolute atomic E-state index is 0.155. The highest BCUT2D eigenvalue weighted by Crippen LogP contribution is 2.40. The van der Waals surface area contributed by atoms with Crippen LogP contribution in [0.1, 0.15) is 0 Å². The Balaban J connectivity index is 1.51. The maximum Gasteiger partial charge on any atom is 0.117 e. The van der Waals surface area contributed by atoms with Gasteiger partial charge in [-0.3, -0.25) is 4.68 Å². The number of nitrogen functional groups attached to an aromatic ring is 1. The van der Waals surface area contributed by atoms with E-state index >= 15 is 0 Å². The molecule has 0 aliphatic carbocycles. The number of nitrogens with one attached hydrogen (secondary N) is 2. The molecule has 0 amide bonds. The van der Waals surface area contributed by atoms with E-state index < -0.39 is 0 Å². The van der Waals surface area contributed by atoms with Crippen LogP contribution in [0.2, 0.25) is 0 Å². The van der Waals surface area contributed by atoms with Crippen LogP contribution in [0.25, 0.3) is 66.1 Å². The van der Waals surface area contributed by atoms with Crippen molar-refractivity contribution in [3.05, 3.63) is 91.4 Å². The van der Waals surface area contributed by atoms with Gasteiger partial charge in [0, 0.05) is 80.7 Å². The molecule has 7 nitrogen and oxygen atoms in total. The molecule has 37 heavy (non-hydrogen) atoms. The molecule has 4 aromatic carbocycles. The molecule has 0 bridgehead atoms. The van der Waals surface area contributed by atoms with E-state index in [1.165, 1.54) is 4.68 Å². The number of rotatable bonds is 3. The van der Waals surface area contributed by atoms with Crippen LogP contribution in [0, 0.1) is 0 Å². The molecule has 0 spiro atoms. The lowest BCUT2D eigenvalue weighted by Crippen LogP contribution is -2.04. The van der Waals surface area contributed by atoms with Gasteiger partial charge in [0.15, 0.2) is 0 Å². The van der Waals surface area contributed by atoms with E-state index in [-0.39, 0.29) is 17.2 Å². The Morgan fingerprint density at radius 2 is 1.00 bits per heavy atom. The first-order valence-electron chi connectivity index (χ1n) is 11.8. The summed E-state index contributed by atoms with van der Waals surface area (Å²) in [4.78, 5) is 6.54. The summed E-state index contributed by atoms with van der Waals surface area (Å²) in [5.74, 6) is 6.84. The third kappa shape index (κ3) is 3.29. The zero-order valence-corrected chi connectivity index (χ0v) is 19.5. The summed E-state index contributed by atoms with van der Waals surface area (Å²) in [6.45, 7) is 0. The van der Waals surface area contributed by atoms with Gasteiger partial charge in [-0.25, -0.2) is 0 Å². The normalized spacial score (nSPS) is 11.7. The molecule has 0 fully saturated rings. The molecule has 0 radical (unpaired) electrons. The van der Waals surface area contributed by atoms with Crippen LogP contribution >= 0.6 is 0 Å². The molecule has 7 rings (SSSR count). The highest BCUT2D eigenvalue weighted by molar-refractivity contribution is 6.03. The summed E-state index contributed by atoms with van der Waals surface area (Å²) in [5.41, 5.74) is 8.33. The van der Waals surface area contributed by atoms with E-state index in [1.807, 2.05) is 36.8 Å². The van der Waals surface area contributed by atoms with Crippen molar-refractivity contribution in [2.75, 3.05) is 5.84 Å². The van der Waals surface area contributed by atoms with Crippen LogP contribution in [-0.4, -0.2) is 30.0 Å². The number of phenolic OH excluding ortho intramolecular Hbond substituents is 3. The predicted molar refractivity (Wildman–Crippen MR) is 147 cm³/mol. The van der Waals surface area contributed by atoms with E-state index in [1.54, 1.807) is 36.4 Å². The van der Waals surface area contributed by atoms with Gasteiger partial charge in [-0.05, 0) is 71.3 Å². The first-order valence-corrected chi connectivity index (χ1v) is 11.8. The number of phenols is 3. The summed E-state index contributed by atoms with van der Waals surface area (Å²) in [6, 6.07) is 22.2. The van der Waals surface area contributed by atoms with Gasteiger partial charge in [-0.1, -0.05) is 0 Å². The van der Waals surface area contributed by atoms with Crippen molar-refractivity contribution in [2.24, 2.45) is 0 Å². The lowest BCUT2D eigenvalue weighted by Gasteiger charge is -2.10. The van der Waals surface area contributed by atoms with Crippen molar-refractivity contribution in [1.29, 1.82) is 0 Å². The zero-order valence-electron chi connectivity index (χ0n) is 19.5. The van der Waals surface area contributed by atoms with Gasteiger partial charge in [0.2, 0.25) is 0 Å². The first kappa shape index (κ1) is 21.0. The second-order valence-electron chi connectivity index (χ2n) is 9.32. The average molecular weight is 487 g/mol. The summed E-state index contributed by atoms with van der Waals surface area (Å²) < 4.78 is 1.53. The quantitative estimate of drug-likeness (QED) is 0.161. The number of hydrogen-bond donors (Lipinski definition) is 6. The molecule has 3 aromatic heterocycles.